The second-order valence-electron chi connectivity index (χ2n) is 6.60. The van der Waals surface area contributed by atoms with Crippen molar-refractivity contribution in [3.8, 4) is 5.69 Å². The van der Waals surface area contributed by atoms with Crippen LogP contribution in [0, 0.1) is 19.8 Å². The number of aliphatic hydroxyl groups excluding tert-OH is 1. The molecule has 1 saturated heterocycles. The number of likely N-dealkylation sites (tertiary alicyclic amines) is 1. The van der Waals surface area contributed by atoms with Gasteiger partial charge in [-0.15, -0.1) is 0 Å². The van der Waals surface area contributed by atoms with E-state index in [1.54, 1.807) is 0 Å². The van der Waals surface area contributed by atoms with Gasteiger partial charge >= 0.3 is 0 Å². The van der Waals surface area contributed by atoms with Crippen molar-refractivity contribution in [2.24, 2.45) is 5.92 Å². The number of hydrogen-bond acceptors (Lipinski definition) is 3. The second kappa shape index (κ2) is 7.18. The maximum Gasteiger partial charge on any atom is 0.227 e. The number of rotatable bonds is 4. The summed E-state index contributed by atoms with van der Waals surface area (Å²) in [5.74, 6) is 0.351. The van der Waals surface area contributed by atoms with Crippen LogP contribution in [0.1, 0.15) is 29.8 Å². The summed E-state index contributed by atoms with van der Waals surface area (Å²) in [6.45, 7) is 5.60. The molecule has 0 radical (unpaired) electrons. The van der Waals surface area contributed by atoms with Gasteiger partial charge in [0.2, 0.25) is 5.91 Å². The molecule has 1 aromatic carbocycles. The summed E-state index contributed by atoms with van der Waals surface area (Å²) in [5, 5.41) is 14.0. The lowest BCUT2D eigenvalue weighted by atomic mass is 9.98. The molecule has 2 aromatic rings. The Kier molecular flexibility index (Phi) is 5.00. The van der Waals surface area contributed by atoms with E-state index < -0.39 is 0 Å². The highest BCUT2D eigenvalue weighted by atomic mass is 16.3. The first-order chi connectivity index (χ1) is 11.6. The molecular weight excluding hydrogens is 302 g/mol. The van der Waals surface area contributed by atoms with Crippen molar-refractivity contribution in [3.63, 3.8) is 0 Å². The summed E-state index contributed by atoms with van der Waals surface area (Å²) in [5.41, 5.74) is 3.94. The third-order valence-corrected chi connectivity index (χ3v) is 4.90. The smallest absolute Gasteiger partial charge is 0.227 e. The van der Waals surface area contributed by atoms with Crippen molar-refractivity contribution in [3.05, 3.63) is 47.3 Å². The van der Waals surface area contributed by atoms with Crippen LogP contribution in [-0.4, -0.2) is 45.4 Å². The minimum atomic E-state index is 0.131. The lowest BCUT2D eigenvalue weighted by Gasteiger charge is -2.32. The van der Waals surface area contributed by atoms with Gasteiger partial charge in [0.25, 0.3) is 0 Å². The third kappa shape index (κ3) is 3.36. The minimum Gasteiger partial charge on any atom is -0.396 e. The molecule has 24 heavy (non-hydrogen) atoms. The minimum absolute atomic E-state index is 0.131. The number of aliphatic hydroxyl groups is 1. The predicted octanol–water partition coefficient (Wildman–Crippen LogP) is 2.26. The molecule has 1 N–H and O–H groups in total. The van der Waals surface area contributed by atoms with Gasteiger partial charge in [-0.1, -0.05) is 18.2 Å². The highest BCUT2D eigenvalue weighted by Crippen LogP contribution is 2.21. The molecule has 1 unspecified atom stereocenters. The molecule has 0 bridgehead atoms. The van der Waals surface area contributed by atoms with Crippen molar-refractivity contribution < 1.29 is 9.90 Å². The molecule has 3 rings (SSSR count). The number of benzene rings is 1. The third-order valence-electron chi connectivity index (χ3n) is 4.90. The van der Waals surface area contributed by atoms with E-state index in [2.05, 4.69) is 5.10 Å². The van der Waals surface area contributed by atoms with Gasteiger partial charge in [-0.05, 0) is 44.7 Å². The Balaban J connectivity index is 1.78. The Morgan fingerprint density at radius 1 is 1.29 bits per heavy atom. The fourth-order valence-corrected chi connectivity index (χ4v) is 3.46. The summed E-state index contributed by atoms with van der Waals surface area (Å²) in [4.78, 5) is 14.6. The van der Waals surface area contributed by atoms with Gasteiger partial charge in [0.1, 0.15) is 0 Å². The SMILES string of the molecule is Cc1nn(-c2ccccc2)c(C)c1CC(=O)N1CCCC(CO)C1. The Morgan fingerprint density at radius 3 is 2.75 bits per heavy atom. The number of nitrogens with zero attached hydrogens (tertiary/aromatic N) is 3. The molecule has 1 fully saturated rings. The first-order valence-corrected chi connectivity index (χ1v) is 8.59. The number of hydrogen-bond donors (Lipinski definition) is 1. The van der Waals surface area contributed by atoms with E-state index in [4.69, 9.17) is 0 Å². The van der Waals surface area contributed by atoms with Crippen molar-refractivity contribution in [1.82, 2.24) is 14.7 Å². The van der Waals surface area contributed by atoms with E-state index >= 15 is 0 Å². The highest BCUT2D eigenvalue weighted by Gasteiger charge is 2.25. The fraction of sp³-hybridized carbons (Fsp3) is 0.474. The Labute approximate surface area is 142 Å². The van der Waals surface area contributed by atoms with Crippen molar-refractivity contribution >= 4 is 5.91 Å². The zero-order chi connectivity index (χ0) is 17.1. The first-order valence-electron chi connectivity index (χ1n) is 8.59. The van der Waals surface area contributed by atoms with Gasteiger partial charge in [-0.3, -0.25) is 4.79 Å². The van der Waals surface area contributed by atoms with Gasteiger partial charge in [-0.2, -0.15) is 5.10 Å². The summed E-state index contributed by atoms with van der Waals surface area (Å²) < 4.78 is 1.91. The van der Waals surface area contributed by atoms with Gasteiger partial charge in [0.15, 0.2) is 0 Å². The molecule has 0 saturated carbocycles. The van der Waals surface area contributed by atoms with Crippen LogP contribution in [0.5, 0.6) is 0 Å². The molecule has 2 heterocycles. The Morgan fingerprint density at radius 2 is 2.04 bits per heavy atom. The van der Waals surface area contributed by atoms with Crippen LogP contribution in [0.2, 0.25) is 0 Å². The molecule has 1 atom stereocenters. The van der Waals surface area contributed by atoms with E-state index in [9.17, 15) is 9.90 Å². The zero-order valence-corrected chi connectivity index (χ0v) is 14.4. The highest BCUT2D eigenvalue weighted by molar-refractivity contribution is 5.79. The number of amides is 1. The lowest BCUT2D eigenvalue weighted by Crippen LogP contribution is -2.41. The number of aromatic nitrogens is 2. The average Bonchev–Trinajstić information content (AvgIpc) is 2.90. The van der Waals surface area contributed by atoms with Gasteiger partial charge < -0.3 is 10.0 Å². The number of carbonyl (C=O) groups is 1. The summed E-state index contributed by atoms with van der Waals surface area (Å²) in [6.07, 6.45) is 2.35. The maximum absolute atomic E-state index is 12.7. The first kappa shape index (κ1) is 16.7. The Hall–Kier alpha value is -2.14. The van der Waals surface area contributed by atoms with Crippen LogP contribution in [0.3, 0.4) is 0 Å². The molecule has 0 spiro atoms. The van der Waals surface area contributed by atoms with Crippen LogP contribution in [0.25, 0.3) is 5.69 Å². The van der Waals surface area contributed by atoms with E-state index in [1.165, 1.54) is 0 Å². The van der Waals surface area contributed by atoms with Crippen LogP contribution in [-0.2, 0) is 11.2 Å². The molecule has 0 aliphatic carbocycles. The molecule has 1 amide bonds. The van der Waals surface area contributed by atoms with Gasteiger partial charge in [-0.25, -0.2) is 4.68 Å². The van der Waals surface area contributed by atoms with E-state index in [1.807, 2.05) is 53.8 Å². The molecule has 5 heteroatoms. The molecule has 1 aliphatic heterocycles. The number of carbonyl (C=O) groups excluding carboxylic acids is 1. The lowest BCUT2D eigenvalue weighted by molar-refractivity contribution is -0.132. The second-order valence-corrected chi connectivity index (χ2v) is 6.60. The quantitative estimate of drug-likeness (QED) is 0.937. The van der Waals surface area contributed by atoms with Gasteiger partial charge in [0.05, 0.1) is 17.8 Å². The van der Waals surface area contributed by atoms with Crippen molar-refractivity contribution in [2.45, 2.75) is 33.1 Å². The van der Waals surface area contributed by atoms with Crippen LogP contribution >= 0.6 is 0 Å². The van der Waals surface area contributed by atoms with Crippen LogP contribution in [0.4, 0.5) is 0 Å². The Bertz CT molecular complexity index is 709. The molecule has 5 nitrogen and oxygen atoms in total. The van der Waals surface area contributed by atoms with Gasteiger partial charge in [0, 0.05) is 31.0 Å². The van der Waals surface area contributed by atoms with E-state index in [0.29, 0.717) is 13.0 Å². The number of para-hydroxylation sites is 1. The number of piperidine rings is 1. The summed E-state index contributed by atoms with van der Waals surface area (Å²) >= 11 is 0. The van der Waals surface area contributed by atoms with E-state index in [-0.39, 0.29) is 18.4 Å². The zero-order valence-electron chi connectivity index (χ0n) is 14.4. The maximum atomic E-state index is 12.7. The standard InChI is InChI=1S/C19H25N3O2/c1-14-18(11-19(24)21-10-6-7-16(12-21)13-23)15(2)22(20-14)17-8-4-3-5-9-17/h3-5,8-9,16,23H,6-7,10-13H2,1-2H3. The average molecular weight is 327 g/mol. The number of aryl methyl sites for hydroxylation is 1. The van der Waals surface area contributed by atoms with Crippen molar-refractivity contribution in [2.75, 3.05) is 19.7 Å². The summed E-state index contributed by atoms with van der Waals surface area (Å²) in [6, 6.07) is 9.98. The van der Waals surface area contributed by atoms with Crippen LogP contribution < -0.4 is 0 Å². The predicted molar refractivity (Wildman–Crippen MR) is 93.1 cm³/mol. The monoisotopic (exact) mass is 327 g/mol. The summed E-state index contributed by atoms with van der Waals surface area (Å²) in [7, 11) is 0. The molecule has 1 aliphatic rings. The molecule has 128 valence electrons. The van der Waals surface area contributed by atoms with Crippen LogP contribution in [0.15, 0.2) is 30.3 Å². The fourth-order valence-electron chi connectivity index (χ4n) is 3.46. The molecular formula is C19H25N3O2. The largest absolute Gasteiger partial charge is 0.396 e. The van der Waals surface area contributed by atoms with E-state index in [0.717, 1.165) is 42.0 Å². The molecule has 1 aromatic heterocycles. The topological polar surface area (TPSA) is 58.4 Å². The van der Waals surface area contributed by atoms with Crippen molar-refractivity contribution in [1.29, 1.82) is 0 Å². The normalized spacial score (nSPS) is 18.0.